The summed E-state index contributed by atoms with van der Waals surface area (Å²) in [6.45, 7) is 6.35. The van der Waals surface area contributed by atoms with Crippen LogP contribution in [0.2, 0.25) is 0 Å². The van der Waals surface area contributed by atoms with E-state index in [1.807, 2.05) is 49.4 Å². The van der Waals surface area contributed by atoms with Crippen LogP contribution in [0.15, 0.2) is 42.5 Å². The van der Waals surface area contributed by atoms with Gasteiger partial charge in [0.15, 0.2) is 0 Å². The molecule has 0 bridgehead atoms. The molecule has 192 valence electrons. The van der Waals surface area contributed by atoms with Crippen molar-refractivity contribution in [3.05, 3.63) is 48.0 Å². The quantitative estimate of drug-likeness (QED) is 0.270. The number of amides is 2. The maximum absolute atomic E-state index is 14.0. The first-order valence-corrected chi connectivity index (χ1v) is 13.1. The average molecular weight is 485 g/mol. The van der Waals surface area contributed by atoms with Crippen molar-refractivity contribution in [3.63, 3.8) is 0 Å². The molecule has 1 aliphatic carbocycles. The molecule has 35 heavy (non-hydrogen) atoms. The fourth-order valence-corrected chi connectivity index (χ4v) is 5.62. The summed E-state index contributed by atoms with van der Waals surface area (Å²) in [5.74, 6) is -2.76. The van der Waals surface area contributed by atoms with Gasteiger partial charge >= 0.3 is 5.97 Å². The zero-order chi connectivity index (χ0) is 25.4. The predicted octanol–water partition coefficient (Wildman–Crippen LogP) is 3.11. The molecular formula is C28H40N2O5. The van der Waals surface area contributed by atoms with Gasteiger partial charge in [0.05, 0.1) is 31.1 Å². The number of carbonyl (C=O) groups is 3. The Kier molecular flexibility index (Phi) is 9.90. The van der Waals surface area contributed by atoms with Gasteiger partial charge in [-0.1, -0.05) is 69.2 Å². The van der Waals surface area contributed by atoms with E-state index in [-0.39, 0.29) is 36.9 Å². The van der Waals surface area contributed by atoms with Crippen LogP contribution in [0.4, 0.5) is 0 Å². The van der Waals surface area contributed by atoms with Crippen LogP contribution in [0, 0.1) is 23.7 Å². The number of rotatable bonds is 12. The van der Waals surface area contributed by atoms with Gasteiger partial charge in [-0.2, -0.15) is 0 Å². The minimum Gasteiger partial charge on any atom is -0.466 e. The number of carbonyl (C=O) groups excluding carboxylic acids is 3. The lowest BCUT2D eigenvalue weighted by atomic mass is 9.69. The van der Waals surface area contributed by atoms with E-state index in [0.29, 0.717) is 19.4 Å². The molecule has 1 fully saturated rings. The molecule has 1 aromatic rings. The van der Waals surface area contributed by atoms with Crippen molar-refractivity contribution in [2.24, 2.45) is 23.7 Å². The lowest BCUT2D eigenvalue weighted by Crippen LogP contribution is -2.53. The number of likely N-dealkylation sites (tertiary alicyclic amines) is 1. The SMILES string of the molecule is CCCCCNC(=O)[C@@H]1[C@H]2C=C[C@@H](CC)[C@@H](C(=O)OCC)[C@H]2C(=O)N1[C@@H](CO)Cc1ccccc1. The molecule has 7 nitrogen and oxygen atoms in total. The minimum atomic E-state index is -0.777. The van der Waals surface area contributed by atoms with Crippen LogP contribution >= 0.6 is 0 Å². The van der Waals surface area contributed by atoms with Crippen LogP contribution in [0.25, 0.3) is 0 Å². The number of allylic oxidation sites excluding steroid dienone is 1. The number of fused-ring (bicyclic) bond motifs is 1. The third kappa shape index (κ3) is 5.95. The molecule has 1 saturated heterocycles. The third-order valence-corrected chi connectivity index (χ3v) is 7.34. The number of benzene rings is 1. The summed E-state index contributed by atoms with van der Waals surface area (Å²) in [5, 5.41) is 13.4. The summed E-state index contributed by atoms with van der Waals surface area (Å²) in [6.07, 6.45) is 7.95. The van der Waals surface area contributed by atoms with Crippen molar-refractivity contribution in [1.29, 1.82) is 0 Å². The van der Waals surface area contributed by atoms with Crippen molar-refractivity contribution >= 4 is 17.8 Å². The fourth-order valence-electron chi connectivity index (χ4n) is 5.62. The minimum absolute atomic E-state index is 0.130. The summed E-state index contributed by atoms with van der Waals surface area (Å²) in [4.78, 5) is 42.1. The molecule has 0 aromatic heterocycles. The van der Waals surface area contributed by atoms with E-state index >= 15 is 0 Å². The topological polar surface area (TPSA) is 95.9 Å². The summed E-state index contributed by atoms with van der Waals surface area (Å²) < 4.78 is 5.38. The second-order valence-corrected chi connectivity index (χ2v) is 9.55. The summed E-state index contributed by atoms with van der Waals surface area (Å²) in [6, 6.07) is 8.30. The lowest BCUT2D eigenvalue weighted by molar-refractivity contribution is -0.156. The van der Waals surface area contributed by atoms with Crippen LogP contribution in [0.5, 0.6) is 0 Å². The lowest BCUT2D eigenvalue weighted by Gasteiger charge is -2.34. The Labute approximate surface area is 208 Å². The number of nitrogens with zero attached hydrogens (tertiary/aromatic N) is 1. The Morgan fingerprint density at radius 3 is 2.49 bits per heavy atom. The number of hydrogen-bond donors (Lipinski definition) is 2. The normalized spacial score (nSPS) is 26.3. The molecule has 1 heterocycles. The fraction of sp³-hybridized carbons (Fsp3) is 0.607. The van der Waals surface area contributed by atoms with Gasteiger partial charge in [-0.3, -0.25) is 14.4 Å². The number of esters is 1. The number of hydrogen-bond acceptors (Lipinski definition) is 5. The van der Waals surface area contributed by atoms with Gasteiger partial charge in [0, 0.05) is 12.5 Å². The number of aliphatic hydroxyl groups is 1. The Morgan fingerprint density at radius 2 is 1.86 bits per heavy atom. The van der Waals surface area contributed by atoms with Crippen molar-refractivity contribution in [3.8, 4) is 0 Å². The second kappa shape index (κ2) is 12.9. The zero-order valence-electron chi connectivity index (χ0n) is 21.2. The highest BCUT2D eigenvalue weighted by molar-refractivity contribution is 5.96. The molecule has 2 amide bonds. The highest BCUT2D eigenvalue weighted by Crippen LogP contribution is 2.46. The Balaban J connectivity index is 1.97. The standard InChI is InChI=1S/C28H40N2O5/c1-4-7-11-16-29-26(32)25-22-15-14-20(5-2)23(28(34)35-6-3)24(22)27(33)30(25)21(18-31)17-19-12-9-8-10-13-19/h8-10,12-15,20-25,31H,4-7,11,16-18H2,1-3H3,(H,29,32)/t20-,21-,22+,23-,24+,25+/m1/s1. The Morgan fingerprint density at radius 1 is 1.11 bits per heavy atom. The molecule has 2 aliphatic rings. The van der Waals surface area contributed by atoms with Crippen molar-refractivity contribution in [2.45, 2.75) is 65.0 Å². The molecule has 0 radical (unpaired) electrons. The molecular weight excluding hydrogens is 444 g/mol. The summed E-state index contributed by atoms with van der Waals surface area (Å²) in [7, 11) is 0. The highest BCUT2D eigenvalue weighted by Gasteiger charge is 2.58. The molecule has 0 spiro atoms. The first-order valence-electron chi connectivity index (χ1n) is 13.1. The summed E-state index contributed by atoms with van der Waals surface area (Å²) in [5.41, 5.74) is 0.972. The van der Waals surface area contributed by atoms with Gasteiger partial charge in [-0.05, 0) is 37.7 Å². The molecule has 0 saturated carbocycles. The molecule has 6 atom stereocenters. The molecule has 1 aromatic carbocycles. The number of ether oxygens (including phenoxy) is 1. The Hall–Kier alpha value is -2.67. The van der Waals surface area contributed by atoms with Crippen LogP contribution in [-0.2, 0) is 25.5 Å². The zero-order valence-corrected chi connectivity index (χ0v) is 21.2. The van der Waals surface area contributed by atoms with E-state index < -0.39 is 29.8 Å². The summed E-state index contributed by atoms with van der Waals surface area (Å²) >= 11 is 0. The molecule has 0 unspecified atom stereocenters. The molecule has 3 rings (SSSR count). The van der Waals surface area contributed by atoms with Gasteiger partial charge in [-0.25, -0.2) is 0 Å². The van der Waals surface area contributed by atoms with Gasteiger partial charge in [0.1, 0.15) is 6.04 Å². The smallest absolute Gasteiger partial charge is 0.310 e. The van der Waals surface area contributed by atoms with E-state index in [2.05, 4.69) is 12.2 Å². The maximum atomic E-state index is 14.0. The second-order valence-electron chi connectivity index (χ2n) is 9.55. The van der Waals surface area contributed by atoms with Crippen molar-refractivity contribution in [1.82, 2.24) is 10.2 Å². The Bertz CT molecular complexity index is 887. The van der Waals surface area contributed by atoms with Gasteiger partial charge in [-0.15, -0.1) is 0 Å². The molecule has 1 aliphatic heterocycles. The van der Waals surface area contributed by atoms with E-state index in [0.717, 1.165) is 24.8 Å². The largest absolute Gasteiger partial charge is 0.466 e. The number of nitrogens with one attached hydrogen (secondary N) is 1. The maximum Gasteiger partial charge on any atom is 0.310 e. The highest BCUT2D eigenvalue weighted by atomic mass is 16.5. The van der Waals surface area contributed by atoms with Gasteiger partial charge < -0.3 is 20.1 Å². The third-order valence-electron chi connectivity index (χ3n) is 7.34. The van der Waals surface area contributed by atoms with Crippen molar-refractivity contribution in [2.75, 3.05) is 19.8 Å². The van der Waals surface area contributed by atoms with E-state index in [1.165, 1.54) is 0 Å². The van der Waals surface area contributed by atoms with Gasteiger partial charge in [0.25, 0.3) is 0 Å². The van der Waals surface area contributed by atoms with Crippen LogP contribution < -0.4 is 5.32 Å². The first kappa shape index (κ1) is 26.9. The van der Waals surface area contributed by atoms with Crippen LogP contribution in [-0.4, -0.2) is 59.6 Å². The van der Waals surface area contributed by atoms with E-state index in [1.54, 1.807) is 11.8 Å². The molecule has 7 heteroatoms. The van der Waals surface area contributed by atoms with E-state index in [4.69, 9.17) is 4.74 Å². The average Bonchev–Trinajstić information content (AvgIpc) is 3.17. The monoisotopic (exact) mass is 484 g/mol. The number of aliphatic hydroxyl groups excluding tert-OH is 1. The van der Waals surface area contributed by atoms with E-state index in [9.17, 15) is 19.5 Å². The predicted molar refractivity (Wildman–Crippen MR) is 134 cm³/mol. The number of unbranched alkanes of at least 4 members (excludes halogenated alkanes) is 2. The van der Waals surface area contributed by atoms with Crippen LogP contribution in [0.3, 0.4) is 0 Å². The molecule has 2 N–H and O–H groups in total. The van der Waals surface area contributed by atoms with Crippen LogP contribution in [0.1, 0.15) is 52.0 Å². The van der Waals surface area contributed by atoms with Gasteiger partial charge in [0.2, 0.25) is 11.8 Å². The van der Waals surface area contributed by atoms with Crippen molar-refractivity contribution < 1.29 is 24.2 Å². The first-order chi connectivity index (χ1) is 17.0.